The fourth-order valence-electron chi connectivity index (χ4n) is 2.41. The van der Waals surface area contributed by atoms with Crippen molar-refractivity contribution in [2.24, 2.45) is 0 Å². The van der Waals surface area contributed by atoms with Crippen molar-refractivity contribution in [3.8, 4) is 0 Å². The van der Waals surface area contributed by atoms with Gasteiger partial charge in [-0.3, -0.25) is 9.69 Å². The minimum absolute atomic E-state index is 0.0370. The normalized spacial score (nSPS) is 35.3. The van der Waals surface area contributed by atoms with E-state index in [-0.39, 0.29) is 18.1 Å². The van der Waals surface area contributed by atoms with Crippen LogP contribution in [0.25, 0.3) is 0 Å². The number of hydrogen-bond donors (Lipinski definition) is 1. The standard InChI is InChI=1S/C10H18N2O2/c1-11-6-4-9(10(11)14)12-5-2-3-8(13)7-12/h8-9,13H,2-7H2,1H3. The molecular weight excluding hydrogens is 180 g/mol. The van der Waals surface area contributed by atoms with Gasteiger partial charge in [0.2, 0.25) is 5.91 Å². The second-order valence-electron chi connectivity index (χ2n) is 4.36. The molecule has 2 saturated heterocycles. The highest BCUT2D eigenvalue weighted by atomic mass is 16.3. The lowest BCUT2D eigenvalue weighted by atomic mass is 10.1. The number of aliphatic hydroxyl groups excluding tert-OH is 1. The average Bonchev–Trinajstić information content (AvgIpc) is 2.48. The first-order valence-corrected chi connectivity index (χ1v) is 5.35. The van der Waals surface area contributed by atoms with Crippen molar-refractivity contribution in [3.63, 3.8) is 0 Å². The zero-order valence-electron chi connectivity index (χ0n) is 8.65. The van der Waals surface area contributed by atoms with Gasteiger partial charge in [-0.05, 0) is 25.8 Å². The molecule has 2 atom stereocenters. The third-order valence-electron chi connectivity index (χ3n) is 3.27. The van der Waals surface area contributed by atoms with E-state index in [1.54, 1.807) is 4.90 Å². The maximum Gasteiger partial charge on any atom is 0.239 e. The van der Waals surface area contributed by atoms with Gasteiger partial charge in [0.05, 0.1) is 12.1 Å². The topological polar surface area (TPSA) is 43.8 Å². The highest BCUT2D eigenvalue weighted by molar-refractivity contribution is 5.83. The summed E-state index contributed by atoms with van der Waals surface area (Å²) in [5, 5.41) is 9.53. The maximum atomic E-state index is 11.7. The summed E-state index contributed by atoms with van der Waals surface area (Å²) in [4.78, 5) is 15.6. The fourth-order valence-corrected chi connectivity index (χ4v) is 2.41. The van der Waals surface area contributed by atoms with Crippen LogP contribution in [0.1, 0.15) is 19.3 Å². The van der Waals surface area contributed by atoms with Crippen molar-refractivity contribution in [1.29, 1.82) is 0 Å². The molecule has 0 bridgehead atoms. The van der Waals surface area contributed by atoms with Crippen LogP contribution in [-0.4, -0.2) is 59.6 Å². The van der Waals surface area contributed by atoms with Gasteiger partial charge in [0, 0.05) is 20.1 Å². The zero-order chi connectivity index (χ0) is 10.1. The number of hydrogen-bond acceptors (Lipinski definition) is 3. The second kappa shape index (κ2) is 3.87. The molecule has 0 aromatic rings. The van der Waals surface area contributed by atoms with Crippen molar-refractivity contribution in [1.82, 2.24) is 9.80 Å². The number of aliphatic hydroxyl groups is 1. The monoisotopic (exact) mass is 198 g/mol. The van der Waals surface area contributed by atoms with Gasteiger partial charge in [0.25, 0.3) is 0 Å². The van der Waals surface area contributed by atoms with Crippen LogP contribution in [0, 0.1) is 0 Å². The quantitative estimate of drug-likeness (QED) is 0.627. The van der Waals surface area contributed by atoms with Gasteiger partial charge in [-0.2, -0.15) is 0 Å². The lowest BCUT2D eigenvalue weighted by Crippen LogP contribution is -2.47. The van der Waals surface area contributed by atoms with Gasteiger partial charge in [-0.25, -0.2) is 0 Å². The molecule has 0 aromatic heterocycles. The van der Waals surface area contributed by atoms with E-state index >= 15 is 0 Å². The highest BCUT2D eigenvalue weighted by Crippen LogP contribution is 2.20. The summed E-state index contributed by atoms with van der Waals surface area (Å²) in [6.07, 6.45) is 2.58. The van der Waals surface area contributed by atoms with Crippen LogP contribution in [0.4, 0.5) is 0 Å². The Bertz CT molecular complexity index is 232. The number of β-amino-alcohol motifs (C(OH)–C–C–N with tert-alkyl or cyclic N) is 1. The molecule has 2 aliphatic rings. The third-order valence-corrected chi connectivity index (χ3v) is 3.27. The van der Waals surface area contributed by atoms with Gasteiger partial charge in [-0.1, -0.05) is 0 Å². The molecule has 2 fully saturated rings. The minimum Gasteiger partial charge on any atom is -0.392 e. The Morgan fingerprint density at radius 3 is 2.71 bits per heavy atom. The average molecular weight is 198 g/mol. The van der Waals surface area contributed by atoms with E-state index in [9.17, 15) is 9.90 Å². The Morgan fingerprint density at radius 2 is 2.14 bits per heavy atom. The molecule has 0 aromatic carbocycles. The van der Waals surface area contributed by atoms with Crippen molar-refractivity contribution in [2.75, 3.05) is 26.7 Å². The molecule has 2 unspecified atom stereocenters. The van der Waals surface area contributed by atoms with E-state index in [0.717, 1.165) is 32.4 Å². The molecule has 2 aliphatic heterocycles. The number of carbonyl (C=O) groups excluding carboxylic acids is 1. The summed E-state index contributed by atoms with van der Waals surface area (Å²) in [5.41, 5.74) is 0. The van der Waals surface area contributed by atoms with Crippen LogP contribution >= 0.6 is 0 Å². The van der Waals surface area contributed by atoms with Crippen LogP contribution in [0.3, 0.4) is 0 Å². The molecule has 0 saturated carbocycles. The molecule has 4 heteroatoms. The van der Waals surface area contributed by atoms with Gasteiger partial charge < -0.3 is 10.0 Å². The Morgan fingerprint density at radius 1 is 1.36 bits per heavy atom. The Kier molecular flexibility index (Phi) is 2.74. The summed E-state index contributed by atoms with van der Waals surface area (Å²) in [5.74, 6) is 0.221. The number of rotatable bonds is 1. The molecule has 14 heavy (non-hydrogen) atoms. The predicted molar refractivity (Wildman–Crippen MR) is 52.9 cm³/mol. The van der Waals surface area contributed by atoms with Crippen molar-refractivity contribution in [3.05, 3.63) is 0 Å². The first kappa shape index (κ1) is 9.93. The number of amides is 1. The number of likely N-dealkylation sites (N-methyl/N-ethyl adjacent to an activating group) is 1. The molecule has 0 aliphatic carbocycles. The maximum absolute atomic E-state index is 11.7. The Balaban J connectivity index is 1.97. The largest absolute Gasteiger partial charge is 0.392 e. The number of nitrogens with zero attached hydrogens (tertiary/aromatic N) is 2. The van der Waals surface area contributed by atoms with Crippen molar-refractivity contribution < 1.29 is 9.90 Å². The molecule has 4 nitrogen and oxygen atoms in total. The Hall–Kier alpha value is -0.610. The van der Waals surface area contributed by atoms with Gasteiger partial charge >= 0.3 is 0 Å². The third kappa shape index (κ3) is 1.77. The van der Waals surface area contributed by atoms with E-state index in [1.165, 1.54) is 0 Å². The summed E-state index contributed by atoms with van der Waals surface area (Å²) in [6.45, 7) is 2.49. The first-order valence-electron chi connectivity index (χ1n) is 5.35. The summed E-state index contributed by atoms with van der Waals surface area (Å²) >= 11 is 0. The molecule has 1 N–H and O–H groups in total. The first-order chi connectivity index (χ1) is 6.68. The van der Waals surface area contributed by atoms with Crippen LogP contribution in [0.2, 0.25) is 0 Å². The SMILES string of the molecule is CN1CCC(N2CCCC(O)C2)C1=O. The molecule has 0 spiro atoms. The molecule has 2 heterocycles. The van der Waals surface area contributed by atoms with Crippen LogP contribution in [0.5, 0.6) is 0 Å². The summed E-state index contributed by atoms with van der Waals surface area (Å²) < 4.78 is 0. The molecule has 80 valence electrons. The van der Waals surface area contributed by atoms with Gasteiger partial charge in [0.15, 0.2) is 0 Å². The minimum atomic E-state index is -0.234. The molecule has 0 radical (unpaired) electrons. The molecule has 1 amide bonds. The fraction of sp³-hybridized carbons (Fsp3) is 0.900. The summed E-state index contributed by atoms with van der Waals surface area (Å²) in [7, 11) is 1.85. The predicted octanol–water partition coefficient (Wildman–Crippen LogP) is -0.326. The lowest BCUT2D eigenvalue weighted by Gasteiger charge is -2.33. The van der Waals surface area contributed by atoms with E-state index in [0.29, 0.717) is 6.54 Å². The van der Waals surface area contributed by atoms with E-state index < -0.39 is 0 Å². The van der Waals surface area contributed by atoms with Crippen molar-refractivity contribution >= 4 is 5.91 Å². The van der Waals surface area contributed by atoms with Crippen LogP contribution in [0.15, 0.2) is 0 Å². The van der Waals surface area contributed by atoms with E-state index in [1.807, 2.05) is 7.05 Å². The van der Waals surface area contributed by atoms with Gasteiger partial charge in [0.1, 0.15) is 0 Å². The zero-order valence-corrected chi connectivity index (χ0v) is 8.65. The second-order valence-corrected chi connectivity index (χ2v) is 4.36. The molecule has 2 rings (SSSR count). The van der Waals surface area contributed by atoms with E-state index in [4.69, 9.17) is 0 Å². The molecular formula is C10H18N2O2. The van der Waals surface area contributed by atoms with Crippen LogP contribution in [-0.2, 0) is 4.79 Å². The lowest BCUT2D eigenvalue weighted by molar-refractivity contribution is -0.132. The highest BCUT2D eigenvalue weighted by Gasteiger charge is 2.35. The number of carbonyl (C=O) groups is 1. The number of piperidine rings is 1. The van der Waals surface area contributed by atoms with E-state index in [2.05, 4.69) is 4.90 Å². The van der Waals surface area contributed by atoms with Gasteiger partial charge in [-0.15, -0.1) is 0 Å². The summed E-state index contributed by atoms with van der Waals surface area (Å²) in [6, 6.07) is 0.0370. The smallest absolute Gasteiger partial charge is 0.239 e. The van der Waals surface area contributed by atoms with Crippen molar-refractivity contribution in [2.45, 2.75) is 31.4 Å². The number of likely N-dealkylation sites (tertiary alicyclic amines) is 2. The Labute approximate surface area is 84.5 Å². The van der Waals surface area contributed by atoms with Crippen LogP contribution < -0.4 is 0 Å².